The minimum Gasteiger partial charge on any atom is -0.354 e. The number of nitrogens with zero attached hydrogens (tertiary/aromatic N) is 7. The average molecular weight is 419 g/mol. The van der Waals surface area contributed by atoms with Gasteiger partial charge in [-0.15, -0.1) is 0 Å². The maximum atomic E-state index is 12.6. The molecule has 5 heterocycles. The highest BCUT2D eigenvalue weighted by Crippen LogP contribution is 2.32. The first-order valence-electron chi connectivity index (χ1n) is 11.1. The van der Waals surface area contributed by atoms with Crippen LogP contribution in [0.1, 0.15) is 31.7 Å². The Hall–Kier alpha value is -3.36. The lowest BCUT2D eigenvalue weighted by molar-refractivity contribution is 0.395. The number of imidazole rings is 2. The van der Waals surface area contributed by atoms with E-state index < -0.39 is 0 Å². The van der Waals surface area contributed by atoms with E-state index in [0.717, 1.165) is 73.0 Å². The third kappa shape index (κ3) is 2.90. The predicted octanol–water partition coefficient (Wildman–Crippen LogP) is 2.45. The Kier molecular flexibility index (Phi) is 4.22. The molecule has 9 nitrogen and oxygen atoms in total. The van der Waals surface area contributed by atoms with Crippen LogP contribution in [-0.4, -0.2) is 55.2 Å². The van der Waals surface area contributed by atoms with E-state index in [4.69, 9.17) is 4.98 Å². The van der Waals surface area contributed by atoms with Crippen LogP contribution in [0.4, 0.5) is 11.8 Å². The highest BCUT2D eigenvalue weighted by molar-refractivity contribution is 5.86. The van der Waals surface area contributed by atoms with E-state index in [-0.39, 0.29) is 11.7 Å². The second kappa shape index (κ2) is 7.11. The lowest BCUT2D eigenvalue weighted by Gasteiger charge is -2.33. The van der Waals surface area contributed by atoms with Gasteiger partial charge >= 0.3 is 5.69 Å². The summed E-state index contributed by atoms with van der Waals surface area (Å²) >= 11 is 0. The number of aryl methyl sites for hydroxylation is 1. The van der Waals surface area contributed by atoms with Gasteiger partial charge < -0.3 is 14.8 Å². The molecule has 1 aromatic carbocycles. The van der Waals surface area contributed by atoms with Crippen molar-refractivity contribution >= 4 is 34.0 Å². The normalized spacial score (nSPS) is 18.0. The van der Waals surface area contributed by atoms with Crippen LogP contribution in [0.5, 0.6) is 0 Å². The van der Waals surface area contributed by atoms with Crippen molar-refractivity contribution < 1.29 is 0 Å². The summed E-state index contributed by atoms with van der Waals surface area (Å²) in [6.07, 6.45) is 5.84. The highest BCUT2D eigenvalue weighted by atomic mass is 16.1. The van der Waals surface area contributed by atoms with Crippen LogP contribution in [0.15, 0.2) is 35.4 Å². The first-order valence-corrected chi connectivity index (χ1v) is 11.1. The number of piperidine rings is 1. The molecular formula is C22H26N8O. The minimum atomic E-state index is -0.0240. The quantitative estimate of drug-likeness (QED) is 0.550. The SMILES string of the molecule is Cn1c(N2CCCC2)nc2c(N3CCC(n4c(=O)[nH]c5ccccc54)CC3)ncnc21. The molecule has 9 heteroatoms. The second-order valence-electron chi connectivity index (χ2n) is 8.57. The van der Waals surface area contributed by atoms with Gasteiger partial charge in [-0.2, -0.15) is 0 Å². The molecule has 160 valence electrons. The zero-order valence-corrected chi connectivity index (χ0v) is 17.7. The van der Waals surface area contributed by atoms with Crippen molar-refractivity contribution in [1.29, 1.82) is 0 Å². The summed E-state index contributed by atoms with van der Waals surface area (Å²) in [6, 6.07) is 8.09. The van der Waals surface area contributed by atoms with E-state index in [1.54, 1.807) is 6.33 Å². The van der Waals surface area contributed by atoms with E-state index >= 15 is 0 Å². The molecule has 3 aromatic heterocycles. The first kappa shape index (κ1) is 18.4. The van der Waals surface area contributed by atoms with E-state index in [1.807, 2.05) is 35.9 Å². The highest BCUT2D eigenvalue weighted by Gasteiger charge is 2.27. The van der Waals surface area contributed by atoms with Gasteiger partial charge in [0, 0.05) is 39.3 Å². The zero-order valence-electron chi connectivity index (χ0n) is 17.7. The van der Waals surface area contributed by atoms with Gasteiger partial charge in [0.15, 0.2) is 17.0 Å². The minimum absolute atomic E-state index is 0.0240. The fraction of sp³-hybridized carbons (Fsp3) is 0.455. The van der Waals surface area contributed by atoms with Crippen molar-refractivity contribution in [3.63, 3.8) is 0 Å². The summed E-state index contributed by atoms with van der Waals surface area (Å²) in [5.41, 5.74) is 3.60. The number of hydrogen-bond donors (Lipinski definition) is 1. The molecule has 31 heavy (non-hydrogen) atoms. The second-order valence-corrected chi connectivity index (χ2v) is 8.57. The molecule has 2 fully saturated rings. The number of fused-ring (bicyclic) bond motifs is 2. The Morgan fingerprint density at radius 3 is 2.58 bits per heavy atom. The van der Waals surface area contributed by atoms with Gasteiger partial charge in [-0.1, -0.05) is 12.1 Å². The third-order valence-electron chi connectivity index (χ3n) is 6.76. The number of nitrogens with one attached hydrogen (secondary N) is 1. The van der Waals surface area contributed by atoms with E-state index in [0.29, 0.717) is 0 Å². The summed E-state index contributed by atoms with van der Waals surface area (Å²) in [5, 5.41) is 0. The Balaban J connectivity index is 1.29. The molecule has 2 aliphatic rings. The monoisotopic (exact) mass is 418 g/mol. The molecule has 0 amide bonds. The number of benzene rings is 1. The molecule has 0 aliphatic carbocycles. The Labute approximate surface area is 179 Å². The number of anilines is 2. The fourth-order valence-corrected chi connectivity index (χ4v) is 5.18. The van der Waals surface area contributed by atoms with Gasteiger partial charge in [-0.05, 0) is 37.8 Å². The molecule has 0 atom stereocenters. The largest absolute Gasteiger partial charge is 0.354 e. The van der Waals surface area contributed by atoms with E-state index in [9.17, 15) is 4.79 Å². The molecule has 0 unspecified atom stereocenters. The van der Waals surface area contributed by atoms with Gasteiger partial charge in [0.2, 0.25) is 5.95 Å². The summed E-state index contributed by atoms with van der Waals surface area (Å²) in [4.78, 5) is 34.3. The molecular weight excluding hydrogens is 392 g/mol. The van der Waals surface area contributed by atoms with Crippen molar-refractivity contribution in [2.45, 2.75) is 31.7 Å². The Bertz CT molecular complexity index is 1300. The van der Waals surface area contributed by atoms with E-state index in [2.05, 4.69) is 29.3 Å². The molecule has 1 N–H and O–H groups in total. The van der Waals surface area contributed by atoms with Crippen LogP contribution in [0.3, 0.4) is 0 Å². The zero-order chi connectivity index (χ0) is 20.9. The number of aromatic nitrogens is 6. The molecule has 2 saturated heterocycles. The third-order valence-corrected chi connectivity index (χ3v) is 6.76. The summed E-state index contributed by atoms with van der Waals surface area (Å²) in [6.45, 7) is 3.76. The Morgan fingerprint density at radius 2 is 1.77 bits per heavy atom. The molecule has 0 bridgehead atoms. The van der Waals surface area contributed by atoms with Crippen molar-refractivity contribution in [2.24, 2.45) is 7.05 Å². The van der Waals surface area contributed by atoms with Crippen molar-refractivity contribution in [1.82, 2.24) is 29.1 Å². The molecule has 0 radical (unpaired) electrons. The van der Waals surface area contributed by atoms with Gasteiger partial charge in [0.05, 0.1) is 11.0 Å². The number of para-hydroxylation sites is 2. The van der Waals surface area contributed by atoms with E-state index in [1.165, 1.54) is 12.8 Å². The van der Waals surface area contributed by atoms with Crippen LogP contribution in [0.25, 0.3) is 22.2 Å². The maximum absolute atomic E-state index is 12.6. The van der Waals surface area contributed by atoms with Crippen LogP contribution in [-0.2, 0) is 7.05 Å². The molecule has 6 rings (SSSR count). The van der Waals surface area contributed by atoms with Crippen LogP contribution >= 0.6 is 0 Å². The van der Waals surface area contributed by atoms with Gasteiger partial charge in [0.1, 0.15) is 6.33 Å². The van der Waals surface area contributed by atoms with Gasteiger partial charge in [-0.3, -0.25) is 9.13 Å². The Morgan fingerprint density at radius 1 is 1.00 bits per heavy atom. The van der Waals surface area contributed by atoms with Crippen molar-refractivity contribution in [3.05, 3.63) is 41.1 Å². The first-order chi connectivity index (χ1) is 15.2. The number of hydrogen-bond acceptors (Lipinski definition) is 6. The topological polar surface area (TPSA) is 87.9 Å². The van der Waals surface area contributed by atoms with Gasteiger partial charge in [0.25, 0.3) is 0 Å². The number of rotatable bonds is 3. The number of H-pyrrole nitrogens is 1. The molecule has 0 spiro atoms. The van der Waals surface area contributed by atoms with Crippen LogP contribution < -0.4 is 15.5 Å². The van der Waals surface area contributed by atoms with Crippen molar-refractivity contribution in [2.75, 3.05) is 36.0 Å². The predicted molar refractivity (Wildman–Crippen MR) is 121 cm³/mol. The van der Waals surface area contributed by atoms with Crippen LogP contribution in [0, 0.1) is 0 Å². The molecule has 2 aliphatic heterocycles. The summed E-state index contributed by atoms with van der Waals surface area (Å²) in [7, 11) is 2.04. The summed E-state index contributed by atoms with van der Waals surface area (Å²) < 4.78 is 4.01. The van der Waals surface area contributed by atoms with Gasteiger partial charge in [-0.25, -0.2) is 19.7 Å². The van der Waals surface area contributed by atoms with Crippen molar-refractivity contribution in [3.8, 4) is 0 Å². The van der Waals surface area contributed by atoms with Crippen LogP contribution in [0.2, 0.25) is 0 Å². The standard InChI is InChI=1S/C22H26N8O/c1-27-19-18(26-21(27)29-10-4-5-11-29)20(24-14-23-19)28-12-8-15(9-13-28)30-17-7-3-2-6-16(17)25-22(30)31/h2-3,6-7,14-15H,4-5,8-13H2,1H3,(H,25,31). The molecule has 4 aromatic rings. The summed E-state index contributed by atoms with van der Waals surface area (Å²) in [5.74, 6) is 1.88. The lowest BCUT2D eigenvalue weighted by atomic mass is 10.0. The maximum Gasteiger partial charge on any atom is 0.326 e. The lowest BCUT2D eigenvalue weighted by Crippen LogP contribution is -2.37. The number of aromatic amines is 1. The average Bonchev–Trinajstić information content (AvgIpc) is 3.51. The fourth-order valence-electron chi connectivity index (χ4n) is 5.18. The molecule has 0 saturated carbocycles. The smallest absolute Gasteiger partial charge is 0.326 e.